The van der Waals surface area contributed by atoms with E-state index in [0.717, 1.165) is 5.56 Å². The fourth-order valence-electron chi connectivity index (χ4n) is 1.61. The third-order valence-electron chi connectivity index (χ3n) is 2.86. The number of aliphatic carboxylic acids is 1. The first-order valence-electron chi connectivity index (χ1n) is 5.02. The molecule has 1 atom stereocenters. The Balaban J connectivity index is 3.25. The summed E-state index contributed by atoms with van der Waals surface area (Å²) in [5.41, 5.74) is 5.85. The molecule has 0 aliphatic rings. The molecule has 16 heavy (non-hydrogen) atoms. The number of aryl methyl sites for hydroxylation is 1. The van der Waals surface area contributed by atoms with E-state index in [4.69, 9.17) is 10.8 Å². The molecule has 0 fully saturated rings. The van der Waals surface area contributed by atoms with E-state index in [1.54, 1.807) is 26.0 Å². The van der Waals surface area contributed by atoms with Gasteiger partial charge in [0, 0.05) is 5.41 Å². The second kappa shape index (κ2) is 4.22. The van der Waals surface area contributed by atoms with E-state index in [0.29, 0.717) is 5.56 Å². The van der Waals surface area contributed by atoms with Crippen molar-refractivity contribution < 1.29 is 14.3 Å². The Morgan fingerprint density at radius 2 is 2.06 bits per heavy atom. The molecule has 0 saturated carbocycles. The molecule has 1 aromatic rings. The van der Waals surface area contributed by atoms with Gasteiger partial charge in [-0.2, -0.15) is 0 Å². The zero-order valence-corrected chi connectivity index (χ0v) is 9.62. The van der Waals surface area contributed by atoms with Crippen molar-refractivity contribution in [2.45, 2.75) is 32.2 Å². The van der Waals surface area contributed by atoms with Crippen molar-refractivity contribution in [2.75, 3.05) is 0 Å². The molecule has 0 heterocycles. The number of carbonyl (C=O) groups is 1. The summed E-state index contributed by atoms with van der Waals surface area (Å²) in [6, 6.07) is 3.48. The Kier molecular flexibility index (Phi) is 3.33. The smallest absolute Gasteiger partial charge is 0.321 e. The molecule has 1 aromatic carbocycles. The number of rotatable bonds is 3. The lowest BCUT2D eigenvalue weighted by atomic mass is 9.77. The molecule has 1 unspecified atom stereocenters. The standard InChI is InChI=1S/C12H16FNO2/c1-7-4-5-9(13)8(6-7)12(2,3)10(14)11(15)16/h4-6,10H,14H2,1-3H3,(H,15,16). The van der Waals surface area contributed by atoms with Crippen LogP contribution in [0, 0.1) is 12.7 Å². The summed E-state index contributed by atoms with van der Waals surface area (Å²) in [4.78, 5) is 10.9. The fraction of sp³-hybridized carbons (Fsp3) is 0.417. The van der Waals surface area contributed by atoms with Gasteiger partial charge in [0.1, 0.15) is 11.9 Å². The summed E-state index contributed by atoms with van der Waals surface area (Å²) < 4.78 is 13.6. The second-order valence-corrected chi connectivity index (χ2v) is 4.52. The quantitative estimate of drug-likeness (QED) is 0.824. The molecule has 0 aliphatic heterocycles. The summed E-state index contributed by atoms with van der Waals surface area (Å²) in [6.45, 7) is 5.08. The number of hydrogen-bond acceptors (Lipinski definition) is 2. The predicted molar refractivity (Wildman–Crippen MR) is 59.8 cm³/mol. The topological polar surface area (TPSA) is 63.3 Å². The van der Waals surface area contributed by atoms with Crippen LogP contribution in [-0.2, 0) is 10.2 Å². The highest BCUT2D eigenvalue weighted by Gasteiger charge is 2.35. The maximum atomic E-state index is 13.6. The Labute approximate surface area is 94.1 Å². The third-order valence-corrected chi connectivity index (χ3v) is 2.86. The van der Waals surface area contributed by atoms with Crippen LogP contribution >= 0.6 is 0 Å². The maximum absolute atomic E-state index is 13.6. The zero-order valence-electron chi connectivity index (χ0n) is 9.62. The number of hydrogen-bond donors (Lipinski definition) is 2. The van der Waals surface area contributed by atoms with Crippen LogP contribution in [-0.4, -0.2) is 17.1 Å². The van der Waals surface area contributed by atoms with Crippen LogP contribution in [0.1, 0.15) is 25.0 Å². The van der Waals surface area contributed by atoms with E-state index < -0.39 is 23.2 Å². The molecular formula is C12H16FNO2. The highest BCUT2D eigenvalue weighted by Crippen LogP contribution is 2.29. The summed E-state index contributed by atoms with van der Waals surface area (Å²) in [7, 11) is 0. The van der Waals surface area contributed by atoms with Crippen LogP contribution in [0.15, 0.2) is 18.2 Å². The monoisotopic (exact) mass is 225 g/mol. The minimum absolute atomic E-state index is 0.336. The Morgan fingerprint density at radius 1 is 1.50 bits per heavy atom. The molecule has 1 rings (SSSR count). The van der Waals surface area contributed by atoms with Gasteiger partial charge in [-0.05, 0) is 18.6 Å². The molecule has 0 radical (unpaired) electrons. The molecule has 0 amide bonds. The number of halogens is 1. The van der Waals surface area contributed by atoms with Crippen molar-refractivity contribution in [1.82, 2.24) is 0 Å². The molecule has 88 valence electrons. The van der Waals surface area contributed by atoms with Gasteiger partial charge in [0.05, 0.1) is 0 Å². The van der Waals surface area contributed by atoms with E-state index >= 15 is 0 Å². The first kappa shape index (κ1) is 12.6. The van der Waals surface area contributed by atoms with Gasteiger partial charge in [-0.15, -0.1) is 0 Å². The maximum Gasteiger partial charge on any atom is 0.321 e. The minimum atomic E-state index is -1.14. The largest absolute Gasteiger partial charge is 0.480 e. The Bertz CT molecular complexity index is 415. The Hall–Kier alpha value is -1.42. The van der Waals surface area contributed by atoms with Gasteiger partial charge in [-0.25, -0.2) is 4.39 Å². The number of carboxylic acid groups (broad SMARTS) is 1. The summed E-state index contributed by atoms with van der Waals surface area (Å²) in [5.74, 6) is -1.56. The van der Waals surface area contributed by atoms with E-state index in [2.05, 4.69) is 0 Å². The van der Waals surface area contributed by atoms with E-state index in [-0.39, 0.29) is 0 Å². The van der Waals surface area contributed by atoms with Gasteiger partial charge in [0.2, 0.25) is 0 Å². The molecule has 3 N–H and O–H groups in total. The lowest BCUT2D eigenvalue weighted by Crippen LogP contribution is -2.47. The first-order chi connectivity index (χ1) is 7.26. The molecule has 4 heteroatoms. The molecule has 0 aromatic heterocycles. The normalized spacial score (nSPS) is 13.6. The fourth-order valence-corrected chi connectivity index (χ4v) is 1.61. The number of nitrogens with two attached hydrogens (primary N) is 1. The van der Waals surface area contributed by atoms with Gasteiger partial charge in [0.15, 0.2) is 0 Å². The van der Waals surface area contributed by atoms with Crippen LogP contribution < -0.4 is 5.73 Å². The van der Waals surface area contributed by atoms with Crippen molar-refractivity contribution in [3.8, 4) is 0 Å². The third kappa shape index (κ3) is 2.22. The van der Waals surface area contributed by atoms with Crippen LogP contribution in [0.2, 0.25) is 0 Å². The molecule has 0 saturated heterocycles. The Morgan fingerprint density at radius 3 is 2.56 bits per heavy atom. The minimum Gasteiger partial charge on any atom is -0.480 e. The van der Waals surface area contributed by atoms with Gasteiger partial charge in [-0.3, -0.25) is 4.79 Å². The van der Waals surface area contributed by atoms with Crippen LogP contribution in [0.25, 0.3) is 0 Å². The van der Waals surface area contributed by atoms with E-state index in [1.165, 1.54) is 6.07 Å². The van der Waals surface area contributed by atoms with Crippen molar-refractivity contribution >= 4 is 5.97 Å². The molecule has 3 nitrogen and oxygen atoms in total. The lowest BCUT2D eigenvalue weighted by Gasteiger charge is -2.29. The van der Waals surface area contributed by atoms with Crippen molar-refractivity contribution in [3.05, 3.63) is 35.1 Å². The number of benzene rings is 1. The average Bonchev–Trinajstić information content (AvgIpc) is 2.20. The zero-order chi connectivity index (χ0) is 12.5. The highest BCUT2D eigenvalue weighted by molar-refractivity contribution is 5.75. The SMILES string of the molecule is Cc1ccc(F)c(C(C)(C)C(N)C(=O)O)c1. The predicted octanol–water partition coefficient (Wildman–Crippen LogP) is 1.82. The summed E-state index contributed by atoms with van der Waals surface area (Å²) >= 11 is 0. The van der Waals surface area contributed by atoms with Gasteiger partial charge in [-0.1, -0.05) is 31.5 Å². The van der Waals surface area contributed by atoms with Crippen LogP contribution in [0.5, 0.6) is 0 Å². The summed E-state index contributed by atoms with van der Waals surface area (Å²) in [5, 5.41) is 8.89. The van der Waals surface area contributed by atoms with Crippen molar-refractivity contribution in [1.29, 1.82) is 0 Å². The number of carboxylic acids is 1. The average molecular weight is 225 g/mol. The van der Waals surface area contributed by atoms with Crippen LogP contribution in [0.3, 0.4) is 0 Å². The molecule has 0 bridgehead atoms. The van der Waals surface area contributed by atoms with Crippen molar-refractivity contribution in [3.63, 3.8) is 0 Å². The summed E-state index contributed by atoms with van der Waals surface area (Å²) in [6.07, 6.45) is 0. The lowest BCUT2D eigenvalue weighted by molar-refractivity contribution is -0.140. The first-order valence-corrected chi connectivity index (χ1v) is 5.02. The van der Waals surface area contributed by atoms with Gasteiger partial charge < -0.3 is 10.8 Å². The molecule has 0 spiro atoms. The van der Waals surface area contributed by atoms with Gasteiger partial charge >= 0.3 is 5.97 Å². The van der Waals surface area contributed by atoms with E-state index in [9.17, 15) is 9.18 Å². The molecular weight excluding hydrogens is 209 g/mol. The van der Waals surface area contributed by atoms with Crippen LogP contribution in [0.4, 0.5) is 4.39 Å². The second-order valence-electron chi connectivity index (χ2n) is 4.52. The van der Waals surface area contributed by atoms with Crippen molar-refractivity contribution in [2.24, 2.45) is 5.73 Å². The molecule has 0 aliphatic carbocycles. The van der Waals surface area contributed by atoms with Gasteiger partial charge in [0.25, 0.3) is 0 Å². The highest BCUT2D eigenvalue weighted by atomic mass is 19.1. The van der Waals surface area contributed by atoms with E-state index in [1.807, 2.05) is 6.92 Å².